The van der Waals surface area contributed by atoms with Crippen molar-refractivity contribution in [3.8, 4) is 11.1 Å². The van der Waals surface area contributed by atoms with Crippen molar-refractivity contribution in [3.63, 3.8) is 0 Å². The number of benzene rings is 3. The molecule has 0 saturated carbocycles. The third kappa shape index (κ3) is 3.17. The van der Waals surface area contributed by atoms with Gasteiger partial charge in [-0.25, -0.2) is 9.07 Å². The van der Waals surface area contributed by atoms with Gasteiger partial charge in [0.05, 0.1) is 12.1 Å². The van der Waals surface area contributed by atoms with Gasteiger partial charge in [0.25, 0.3) is 0 Å². The zero-order chi connectivity index (χ0) is 19.8. The van der Waals surface area contributed by atoms with Crippen molar-refractivity contribution in [2.45, 2.75) is 18.5 Å². The minimum atomic E-state index is -0.351. The molecule has 0 unspecified atom stereocenters. The number of fused-ring (bicyclic) bond motifs is 1. The third-order valence-corrected chi connectivity index (χ3v) is 5.71. The second-order valence-electron chi connectivity index (χ2n) is 7.07. The highest BCUT2D eigenvalue weighted by Crippen LogP contribution is 2.42. The molecule has 0 bridgehead atoms. The molecule has 0 saturated heterocycles. The summed E-state index contributed by atoms with van der Waals surface area (Å²) in [4.78, 5) is 4.35. The van der Waals surface area contributed by atoms with E-state index in [0.717, 1.165) is 16.7 Å². The van der Waals surface area contributed by atoms with Crippen molar-refractivity contribution in [2.24, 2.45) is 0 Å². The van der Waals surface area contributed by atoms with Gasteiger partial charge in [0.15, 0.2) is 0 Å². The lowest BCUT2D eigenvalue weighted by atomic mass is 9.88. The Bertz CT molecular complexity index is 1140. The molecule has 1 N–H and O–H groups in total. The molecule has 0 amide bonds. The summed E-state index contributed by atoms with van der Waals surface area (Å²) in [6, 6.07) is 22.9. The van der Waals surface area contributed by atoms with E-state index in [1.54, 1.807) is 16.8 Å². The van der Waals surface area contributed by atoms with Crippen LogP contribution in [0, 0.1) is 5.82 Å². The topological polar surface area (TPSA) is 42.7 Å². The van der Waals surface area contributed by atoms with Crippen molar-refractivity contribution in [2.75, 3.05) is 5.32 Å². The Hall–Kier alpha value is -3.18. The summed E-state index contributed by atoms with van der Waals surface area (Å²) >= 11 is 6.40. The number of hydrogen-bond acceptors (Lipinski definition) is 3. The number of rotatable bonds is 3. The van der Waals surface area contributed by atoms with Gasteiger partial charge in [0.2, 0.25) is 5.95 Å². The molecule has 4 aromatic rings. The van der Waals surface area contributed by atoms with E-state index in [2.05, 4.69) is 39.7 Å². The van der Waals surface area contributed by atoms with Crippen LogP contribution < -0.4 is 5.32 Å². The van der Waals surface area contributed by atoms with E-state index < -0.39 is 0 Å². The van der Waals surface area contributed by atoms with Crippen LogP contribution in [0.25, 0.3) is 11.1 Å². The van der Waals surface area contributed by atoms with E-state index in [1.165, 1.54) is 12.4 Å². The fourth-order valence-corrected chi connectivity index (χ4v) is 4.36. The lowest BCUT2D eigenvalue weighted by Crippen LogP contribution is -2.29. The summed E-state index contributed by atoms with van der Waals surface area (Å²) in [6.07, 6.45) is 2.08. The van der Waals surface area contributed by atoms with Crippen molar-refractivity contribution in [3.05, 3.63) is 101 Å². The van der Waals surface area contributed by atoms with Crippen LogP contribution >= 0.6 is 11.6 Å². The predicted octanol–water partition coefficient (Wildman–Crippen LogP) is 5.88. The predicted molar refractivity (Wildman–Crippen MR) is 112 cm³/mol. The molecule has 0 radical (unpaired) electrons. The molecule has 2 atom stereocenters. The second-order valence-corrected chi connectivity index (χ2v) is 7.47. The number of hydrogen-bond donors (Lipinski definition) is 1. The number of nitrogens with one attached hydrogen (secondary N) is 1. The van der Waals surface area contributed by atoms with Gasteiger partial charge >= 0.3 is 0 Å². The van der Waals surface area contributed by atoms with Gasteiger partial charge in [-0.05, 0) is 35.2 Å². The first-order valence-corrected chi connectivity index (χ1v) is 9.84. The molecular formula is C23H18ClFN4. The van der Waals surface area contributed by atoms with Crippen LogP contribution in [0.5, 0.6) is 0 Å². The number of nitrogens with zero attached hydrogens (tertiary/aromatic N) is 3. The van der Waals surface area contributed by atoms with Crippen molar-refractivity contribution < 1.29 is 4.39 Å². The molecule has 0 spiro atoms. The third-order valence-electron chi connectivity index (χ3n) is 5.38. The van der Waals surface area contributed by atoms with Gasteiger partial charge in [-0.15, -0.1) is 0 Å². The van der Waals surface area contributed by atoms with E-state index >= 15 is 0 Å². The smallest absolute Gasteiger partial charge is 0.222 e. The molecular weight excluding hydrogens is 387 g/mol. The fraction of sp³-hybridized carbons (Fsp3) is 0.130. The van der Waals surface area contributed by atoms with Gasteiger partial charge in [-0.3, -0.25) is 0 Å². The Morgan fingerprint density at radius 3 is 2.59 bits per heavy atom. The highest BCUT2D eigenvalue weighted by atomic mass is 35.5. The normalized spacial score (nSPS) is 18.1. The van der Waals surface area contributed by atoms with E-state index in [4.69, 9.17) is 11.6 Å². The maximum Gasteiger partial charge on any atom is 0.222 e. The second kappa shape index (κ2) is 7.33. The average Bonchev–Trinajstić information content (AvgIpc) is 3.23. The molecule has 144 valence electrons. The molecule has 29 heavy (non-hydrogen) atoms. The molecule has 4 nitrogen and oxygen atoms in total. The zero-order valence-corrected chi connectivity index (χ0v) is 16.2. The van der Waals surface area contributed by atoms with Crippen LogP contribution in [0.15, 0.2) is 79.1 Å². The molecule has 5 rings (SSSR count). The van der Waals surface area contributed by atoms with Crippen LogP contribution in [-0.2, 0) is 0 Å². The minimum Gasteiger partial charge on any atom is -0.347 e. The summed E-state index contributed by atoms with van der Waals surface area (Å²) in [5, 5.41) is 8.19. The molecule has 6 heteroatoms. The van der Waals surface area contributed by atoms with Crippen molar-refractivity contribution in [1.29, 1.82) is 0 Å². The first-order valence-electron chi connectivity index (χ1n) is 9.46. The van der Waals surface area contributed by atoms with E-state index in [0.29, 0.717) is 23.0 Å². The van der Waals surface area contributed by atoms with Gasteiger partial charge < -0.3 is 5.32 Å². The lowest BCUT2D eigenvalue weighted by Gasteiger charge is -2.33. The van der Waals surface area contributed by atoms with Gasteiger partial charge in [-0.1, -0.05) is 72.3 Å². The molecule has 0 aliphatic carbocycles. The molecule has 3 aromatic carbocycles. The minimum absolute atomic E-state index is 0.0659. The van der Waals surface area contributed by atoms with E-state index in [9.17, 15) is 4.39 Å². The lowest BCUT2D eigenvalue weighted by molar-refractivity contribution is 0.416. The molecule has 0 fully saturated rings. The quantitative estimate of drug-likeness (QED) is 0.463. The summed E-state index contributed by atoms with van der Waals surface area (Å²) in [6.45, 7) is 0. The van der Waals surface area contributed by atoms with Crippen molar-refractivity contribution >= 4 is 17.5 Å². The number of halogens is 2. The molecule has 1 aliphatic rings. The molecule has 1 aliphatic heterocycles. The van der Waals surface area contributed by atoms with E-state index in [-0.39, 0.29) is 17.9 Å². The van der Waals surface area contributed by atoms with Crippen LogP contribution in [0.1, 0.15) is 29.6 Å². The Kier molecular flexibility index (Phi) is 4.52. The van der Waals surface area contributed by atoms with Crippen LogP contribution in [0.4, 0.5) is 10.3 Å². The highest BCUT2D eigenvalue weighted by Gasteiger charge is 2.33. The largest absolute Gasteiger partial charge is 0.347 e. The highest BCUT2D eigenvalue weighted by molar-refractivity contribution is 6.31. The number of anilines is 1. The maximum atomic E-state index is 14.7. The van der Waals surface area contributed by atoms with Crippen LogP contribution in [0.3, 0.4) is 0 Å². The summed E-state index contributed by atoms with van der Waals surface area (Å²) in [7, 11) is 0. The Balaban J connectivity index is 1.61. The summed E-state index contributed by atoms with van der Waals surface area (Å²) in [5.74, 6) is 0.273. The Morgan fingerprint density at radius 1 is 0.966 bits per heavy atom. The SMILES string of the molecule is Fc1cccc(Cl)c1[C@H]1C[C@@H](c2ccccc2-c2ccccc2)Nc2ncnn21. The molecule has 2 heterocycles. The number of aromatic nitrogens is 3. The Morgan fingerprint density at radius 2 is 1.76 bits per heavy atom. The first kappa shape index (κ1) is 17.9. The van der Waals surface area contributed by atoms with Gasteiger partial charge in [0.1, 0.15) is 12.1 Å². The monoisotopic (exact) mass is 404 g/mol. The zero-order valence-electron chi connectivity index (χ0n) is 15.5. The standard InChI is InChI=1S/C23H18ClFN4/c24-18-11-6-12-19(25)22(18)21-13-20(28-23-26-14-27-29(21)23)17-10-5-4-9-16(17)15-7-2-1-3-8-15/h1-12,14,20-21H,13H2,(H,26,27,28)/t20-,21+/m0/s1. The van der Waals surface area contributed by atoms with Crippen molar-refractivity contribution in [1.82, 2.24) is 14.8 Å². The maximum absolute atomic E-state index is 14.7. The van der Waals surface area contributed by atoms with Gasteiger partial charge in [0, 0.05) is 10.6 Å². The van der Waals surface area contributed by atoms with Crippen LogP contribution in [0.2, 0.25) is 5.02 Å². The van der Waals surface area contributed by atoms with E-state index in [1.807, 2.05) is 30.3 Å². The fourth-order valence-electron chi connectivity index (χ4n) is 4.07. The molecule has 1 aromatic heterocycles. The average molecular weight is 405 g/mol. The van der Waals surface area contributed by atoms with Crippen LogP contribution in [-0.4, -0.2) is 14.8 Å². The summed E-state index contributed by atoms with van der Waals surface area (Å²) in [5.41, 5.74) is 3.85. The first-order chi connectivity index (χ1) is 14.2. The Labute approximate surface area is 173 Å². The van der Waals surface area contributed by atoms with Gasteiger partial charge in [-0.2, -0.15) is 10.1 Å². The summed E-state index contributed by atoms with van der Waals surface area (Å²) < 4.78 is 16.5.